The molecule has 1 N–H and O–H groups in total. The minimum atomic E-state index is -2.94. The molecule has 2 rings (SSSR count). The second kappa shape index (κ2) is 7.35. The summed E-state index contributed by atoms with van der Waals surface area (Å²) >= 11 is 0. The standard InChI is InChI=1S/C16H12F2O5/c17-16(18)23-13-6-4-10(5-7-13)14(20)9-22-15(21)11-2-1-3-12(19)8-11/h1-8,16,19H,9H2. The van der Waals surface area contributed by atoms with E-state index in [2.05, 4.69) is 4.74 Å². The van der Waals surface area contributed by atoms with Gasteiger partial charge in [-0.1, -0.05) is 6.07 Å². The zero-order valence-electron chi connectivity index (χ0n) is 11.7. The van der Waals surface area contributed by atoms with Crippen LogP contribution in [0.2, 0.25) is 0 Å². The molecule has 0 spiro atoms. The van der Waals surface area contributed by atoms with E-state index in [1.54, 1.807) is 0 Å². The van der Waals surface area contributed by atoms with Gasteiger partial charge in [-0.15, -0.1) is 0 Å². The van der Waals surface area contributed by atoms with Crippen LogP contribution >= 0.6 is 0 Å². The maximum atomic E-state index is 12.0. The van der Waals surface area contributed by atoms with Crippen molar-refractivity contribution in [3.8, 4) is 11.5 Å². The number of esters is 1. The summed E-state index contributed by atoms with van der Waals surface area (Å²) in [5, 5.41) is 9.27. The first-order valence-electron chi connectivity index (χ1n) is 6.50. The Labute approximate surface area is 130 Å². The number of hydrogen-bond acceptors (Lipinski definition) is 5. The van der Waals surface area contributed by atoms with Crippen molar-refractivity contribution < 1.29 is 33.0 Å². The van der Waals surface area contributed by atoms with Crippen LogP contribution in [-0.4, -0.2) is 30.1 Å². The smallest absolute Gasteiger partial charge is 0.387 e. The fraction of sp³-hybridized carbons (Fsp3) is 0.125. The summed E-state index contributed by atoms with van der Waals surface area (Å²) in [7, 11) is 0. The molecule has 2 aromatic rings. The number of alkyl halides is 2. The lowest BCUT2D eigenvalue weighted by molar-refractivity contribution is -0.0498. The van der Waals surface area contributed by atoms with E-state index in [-0.39, 0.29) is 22.6 Å². The van der Waals surface area contributed by atoms with Crippen LogP contribution in [0.4, 0.5) is 8.78 Å². The van der Waals surface area contributed by atoms with E-state index in [4.69, 9.17) is 4.74 Å². The summed E-state index contributed by atoms with van der Waals surface area (Å²) in [5.74, 6) is -1.43. The molecule has 0 fully saturated rings. The number of hydrogen-bond donors (Lipinski definition) is 1. The Kier molecular flexibility index (Phi) is 5.24. The zero-order valence-corrected chi connectivity index (χ0v) is 11.7. The van der Waals surface area contributed by atoms with Crippen molar-refractivity contribution in [3.63, 3.8) is 0 Å². The number of Topliss-reactive ketones (excluding diaryl/α,β-unsaturated/α-hetero) is 1. The number of ketones is 1. The number of ether oxygens (including phenoxy) is 2. The van der Waals surface area contributed by atoms with Gasteiger partial charge in [-0.05, 0) is 42.5 Å². The van der Waals surface area contributed by atoms with Gasteiger partial charge in [-0.25, -0.2) is 4.79 Å². The van der Waals surface area contributed by atoms with Crippen LogP contribution in [0, 0.1) is 0 Å². The van der Waals surface area contributed by atoms with Crippen LogP contribution in [0.3, 0.4) is 0 Å². The maximum absolute atomic E-state index is 12.0. The number of phenolic OH excluding ortho intramolecular Hbond substituents is 1. The van der Waals surface area contributed by atoms with Gasteiger partial charge >= 0.3 is 12.6 Å². The fourth-order valence-corrected chi connectivity index (χ4v) is 1.75. The van der Waals surface area contributed by atoms with Gasteiger partial charge in [-0.3, -0.25) is 4.79 Å². The van der Waals surface area contributed by atoms with Crippen LogP contribution in [0.1, 0.15) is 20.7 Å². The molecular formula is C16H12F2O5. The highest BCUT2D eigenvalue weighted by Gasteiger charge is 2.13. The number of halogens is 2. The summed E-state index contributed by atoms with van der Waals surface area (Å²) in [6.07, 6.45) is 0. The van der Waals surface area contributed by atoms with Gasteiger partial charge in [0.1, 0.15) is 11.5 Å². The molecule has 23 heavy (non-hydrogen) atoms. The minimum Gasteiger partial charge on any atom is -0.508 e. The Hall–Kier alpha value is -2.96. The Bertz CT molecular complexity index is 698. The average Bonchev–Trinajstić information content (AvgIpc) is 2.52. The first kappa shape index (κ1) is 16.4. The van der Waals surface area contributed by atoms with Crippen LogP contribution in [0.15, 0.2) is 48.5 Å². The quantitative estimate of drug-likeness (QED) is 0.654. The molecule has 120 valence electrons. The number of carbonyl (C=O) groups excluding carboxylic acids is 2. The second-order valence-electron chi connectivity index (χ2n) is 4.45. The Morgan fingerprint density at radius 1 is 1.04 bits per heavy atom. The van der Waals surface area contributed by atoms with Crippen LogP contribution < -0.4 is 4.74 Å². The first-order chi connectivity index (χ1) is 11.0. The van der Waals surface area contributed by atoms with Crippen molar-refractivity contribution in [2.45, 2.75) is 6.61 Å². The lowest BCUT2D eigenvalue weighted by Gasteiger charge is -2.06. The Balaban J connectivity index is 1.93. The predicted octanol–water partition coefficient (Wildman–Crippen LogP) is 3.03. The van der Waals surface area contributed by atoms with E-state index in [0.29, 0.717) is 0 Å². The fourth-order valence-electron chi connectivity index (χ4n) is 1.75. The highest BCUT2D eigenvalue weighted by Crippen LogP contribution is 2.16. The SMILES string of the molecule is O=C(COC(=O)c1cccc(O)c1)c1ccc(OC(F)F)cc1. The third kappa shape index (κ3) is 4.77. The maximum Gasteiger partial charge on any atom is 0.387 e. The molecule has 0 unspecified atom stereocenters. The van der Waals surface area contributed by atoms with Crippen molar-refractivity contribution in [2.24, 2.45) is 0 Å². The van der Waals surface area contributed by atoms with Crippen molar-refractivity contribution in [2.75, 3.05) is 6.61 Å². The van der Waals surface area contributed by atoms with Gasteiger partial charge in [0.15, 0.2) is 12.4 Å². The molecule has 0 saturated carbocycles. The molecule has 0 bridgehead atoms. The van der Waals surface area contributed by atoms with Crippen LogP contribution in [0.25, 0.3) is 0 Å². The number of benzene rings is 2. The molecule has 5 nitrogen and oxygen atoms in total. The number of phenols is 1. The molecular weight excluding hydrogens is 310 g/mol. The van der Waals surface area contributed by atoms with Gasteiger partial charge in [-0.2, -0.15) is 8.78 Å². The van der Waals surface area contributed by atoms with Crippen molar-refractivity contribution in [1.82, 2.24) is 0 Å². The van der Waals surface area contributed by atoms with E-state index in [0.717, 1.165) is 0 Å². The summed E-state index contributed by atoms with van der Waals surface area (Å²) in [5.41, 5.74) is 0.300. The predicted molar refractivity (Wildman–Crippen MR) is 75.8 cm³/mol. The summed E-state index contributed by atoms with van der Waals surface area (Å²) < 4.78 is 33.0. The molecule has 0 aliphatic carbocycles. The third-order valence-corrected chi connectivity index (χ3v) is 2.82. The van der Waals surface area contributed by atoms with Crippen molar-refractivity contribution >= 4 is 11.8 Å². The molecule has 7 heteroatoms. The first-order valence-corrected chi connectivity index (χ1v) is 6.50. The highest BCUT2D eigenvalue weighted by molar-refractivity contribution is 5.99. The third-order valence-electron chi connectivity index (χ3n) is 2.82. The van der Waals surface area contributed by atoms with Crippen LogP contribution in [-0.2, 0) is 4.74 Å². The average molecular weight is 322 g/mol. The molecule has 0 aliphatic heterocycles. The summed E-state index contributed by atoms with van der Waals surface area (Å²) in [4.78, 5) is 23.6. The van der Waals surface area contributed by atoms with Crippen molar-refractivity contribution in [3.05, 3.63) is 59.7 Å². The molecule has 0 saturated heterocycles. The normalized spacial score (nSPS) is 10.4. The molecule has 2 aromatic carbocycles. The van der Waals surface area contributed by atoms with Gasteiger partial charge in [0.05, 0.1) is 5.56 Å². The molecule has 0 atom stereocenters. The molecule has 0 radical (unpaired) electrons. The van der Waals surface area contributed by atoms with Gasteiger partial charge in [0, 0.05) is 5.56 Å². The van der Waals surface area contributed by atoms with E-state index in [1.807, 2.05) is 0 Å². The summed E-state index contributed by atoms with van der Waals surface area (Å²) in [6.45, 7) is -3.46. The van der Waals surface area contributed by atoms with Gasteiger partial charge < -0.3 is 14.6 Å². The Morgan fingerprint density at radius 2 is 1.74 bits per heavy atom. The van der Waals surface area contributed by atoms with E-state index in [9.17, 15) is 23.5 Å². The van der Waals surface area contributed by atoms with E-state index in [1.165, 1.54) is 48.5 Å². The summed E-state index contributed by atoms with van der Waals surface area (Å²) in [6, 6.07) is 10.5. The van der Waals surface area contributed by atoms with E-state index < -0.39 is 25.0 Å². The zero-order chi connectivity index (χ0) is 16.8. The molecule has 0 aliphatic rings. The lowest BCUT2D eigenvalue weighted by atomic mass is 10.1. The number of carbonyl (C=O) groups is 2. The number of rotatable bonds is 6. The largest absolute Gasteiger partial charge is 0.508 e. The highest BCUT2D eigenvalue weighted by atomic mass is 19.3. The topological polar surface area (TPSA) is 72.8 Å². The molecule has 0 amide bonds. The monoisotopic (exact) mass is 322 g/mol. The van der Waals surface area contributed by atoms with Crippen molar-refractivity contribution in [1.29, 1.82) is 0 Å². The minimum absolute atomic E-state index is 0.0756. The van der Waals surface area contributed by atoms with Gasteiger partial charge in [0.25, 0.3) is 0 Å². The molecule has 0 heterocycles. The molecule has 0 aromatic heterocycles. The lowest BCUT2D eigenvalue weighted by Crippen LogP contribution is -2.14. The number of aromatic hydroxyl groups is 1. The second-order valence-corrected chi connectivity index (χ2v) is 4.45. The van der Waals surface area contributed by atoms with Gasteiger partial charge in [0.2, 0.25) is 0 Å². The Morgan fingerprint density at radius 3 is 2.35 bits per heavy atom. The van der Waals surface area contributed by atoms with Crippen LogP contribution in [0.5, 0.6) is 11.5 Å². The van der Waals surface area contributed by atoms with E-state index >= 15 is 0 Å².